The van der Waals surface area contributed by atoms with Crippen LogP contribution in [-0.2, 0) is 0 Å². The van der Waals surface area contributed by atoms with Crippen molar-refractivity contribution in [1.82, 2.24) is 15.0 Å². The first-order chi connectivity index (χ1) is 20.4. The number of benzene rings is 3. The molecule has 1 aromatic heterocycles. The van der Waals surface area contributed by atoms with Crippen molar-refractivity contribution < 1.29 is 29.9 Å². The van der Waals surface area contributed by atoms with Gasteiger partial charge in [-0.25, -0.2) is 15.0 Å². The summed E-state index contributed by atoms with van der Waals surface area (Å²) < 4.78 is 11.4. The van der Waals surface area contributed by atoms with Crippen LogP contribution in [0.15, 0.2) is 66.7 Å². The predicted molar refractivity (Wildman–Crippen MR) is 162 cm³/mol. The lowest BCUT2D eigenvalue weighted by Gasteiger charge is -2.14. The van der Waals surface area contributed by atoms with Crippen LogP contribution in [-0.4, -0.2) is 60.8 Å². The van der Waals surface area contributed by atoms with Crippen LogP contribution in [0.25, 0.3) is 34.2 Å². The fourth-order valence-electron chi connectivity index (χ4n) is 4.34. The number of aliphatic hydroxyl groups excluding tert-OH is 2. The van der Waals surface area contributed by atoms with Crippen LogP contribution in [0.1, 0.15) is 52.4 Å². The lowest BCUT2D eigenvalue weighted by Crippen LogP contribution is -2.17. The lowest BCUT2D eigenvalue weighted by atomic mass is 10.1. The smallest absolute Gasteiger partial charge is 0.167 e. The second-order valence-corrected chi connectivity index (χ2v) is 10.2. The number of phenolic OH excluding ortho intramolecular Hbond substituents is 2. The van der Waals surface area contributed by atoms with Gasteiger partial charge in [0, 0.05) is 17.7 Å². The molecule has 4 rings (SSSR count). The van der Waals surface area contributed by atoms with Gasteiger partial charge in [0.2, 0.25) is 0 Å². The monoisotopic (exact) mass is 573 g/mol. The van der Waals surface area contributed by atoms with Gasteiger partial charge in [-0.1, -0.05) is 69.9 Å². The van der Waals surface area contributed by atoms with Crippen molar-refractivity contribution in [2.45, 2.75) is 64.6 Å². The number of nitrogens with zero attached hydrogens (tertiary/aromatic N) is 3. The van der Waals surface area contributed by atoms with Crippen molar-refractivity contribution in [3.63, 3.8) is 0 Å². The Morgan fingerprint density at radius 3 is 1.50 bits per heavy atom. The largest absolute Gasteiger partial charge is 0.507 e. The van der Waals surface area contributed by atoms with Crippen molar-refractivity contribution in [2.24, 2.45) is 0 Å². The summed E-state index contributed by atoms with van der Waals surface area (Å²) in [7, 11) is 0. The molecule has 3 aromatic carbocycles. The molecule has 0 fully saturated rings. The van der Waals surface area contributed by atoms with Gasteiger partial charge in [-0.2, -0.15) is 0 Å². The van der Waals surface area contributed by atoms with Gasteiger partial charge in [-0.15, -0.1) is 0 Å². The van der Waals surface area contributed by atoms with Crippen molar-refractivity contribution in [2.75, 3.05) is 13.2 Å². The molecule has 2 unspecified atom stereocenters. The van der Waals surface area contributed by atoms with Crippen molar-refractivity contribution >= 4 is 0 Å². The molecule has 2 atom stereocenters. The Kier molecular flexibility index (Phi) is 11.1. The molecule has 0 spiro atoms. The maximum Gasteiger partial charge on any atom is 0.167 e. The highest BCUT2D eigenvalue weighted by molar-refractivity contribution is 5.72. The summed E-state index contributed by atoms with van der Waals surface area (Å²) in [6.45, 7) is 4.38. The van der Waals surface area contributed by atoms with Gasteiger partial charge < -0.3 is 29.9 Å². The number of phenols is 2. The Morgan fingerprint density at radius 2 is 1.07 bits per heavy atom. The zero-order chi connectivity index (χ0) is 29.9. The standard InChI is InChI=1S/C33H39N3O6/c1-3-5-12-23(37)20-41-25-14-16-27(29(39)18-25)32-34-31(22-10-8-7-9-11-22)35-33(36-32)28-17-15-26(19-30(28)40)42-21-24(38)13-6-4-2/h7-11,14-19,23-24,37-40H,3-6,12-13,20-21H2,1-2H3. The molecule has 4 N–H and O–H groups in total. The van der Waals surface area contributed by atoms with E-state index in [-0.39, 0.29) is 36.4 Å². The minimum Gasteiger partial charge on any atom is -0.507 e. The summed E-state index contributed by atoms with van der Waals surface area (Å²) in [5.41, 5.74) is 1.45. The summed E-state index contributed by atoms with van der Waals surface area (Å²) in [6.07, 6.45) is 3.94. The number of hydrogen-bond acceptors (Lipinski definition) is 9. The number of hydrogen-bond donors (Lipinski definition) is 4. The number of aromatic hydroxyl groups is 2. The molecule has 0 aliphatic rings. The third-order valence-electron chi connectivity index (χ3n) is 6.75. The Hall–Kier alpha value is -4.21. The third kappa shape index (κ3) is 8.41. The van der Waals surface area contributed by atoms with E-state index in [1.165, 1.54) is 12.1 Å². The molecule has 1 heterocycles. The maximum atomic E-state index is 10.9. The van der Waals surface area contributed by atoms with E-state index < -0.39 is 12.2 Å². The zero-order valence-electron chi connectivity index (χ0n) is 24.1. The van der Waals surface area contributed by atoms with Gasteiger partial charge in [0.25, 0.3) is 0 Å². The zero-order valence-corrected chi connectivity index (χ0v) is 24.1. The second-order valence-electron chi connectivity index (χ2n) is 10.2. The van der Waals surface area contributed by atoms with Gasteiger partial charge in [0.15, 0.2) is 17.5 Å². The summed E-state index contributed by atoms with van der Waals surface area (Å²) in [5.74, 6) is 1.43. The number of ether oxygens (including phenoxy) is 2. The van der Waals surface area contributed by atoms with E-state index >= 15 is 0 Å². The van der Waals surface area contributed by atoms with E-state index in [1.54, 1.807) is 24.3 Å². The molecular formula is C33H39N3O6. The fourth-order valence-corrected chi connectivity index (χ4v) is 4.34. The van der Waals surface area contributed by atoms with Crippen LogP contribution in [0.5, 0.6) is 23.0 Å². The number of unbranched alkanes of at least 4 members (excludes halogenated alkanes) is 2. The Balaban J connectivity index is 1.62. The molecule has 0 bridgehead atoms. The second kappa shape index (κ2) is 15.1. The van der Waals surface area contributed by atoms with E-state index in [1.807, 2.05) is 30.3 Å². The molecule has 0 aliphatic carbocycles. The molecule has 9 heteroatoms. The van der Waals surface area contributed by atoms with E-state index in [0.29, 0.717) is 41.3 Å². The van der Waals surface area contributed by atoms with Crippen molar-refractivity contribution in [1.29, 1.82) is 0 Å². The van der Waals surface area contributed by atoms with Crippen molar-refractivity contribution in [3.05, 3.63) is 66.7 Å². The van der Waals surface area contributed by atoms with Gasteiger partial charge in [0.05, 0.1) is 23.3 Å². The highest BCUT2D eigenvalue weighted by atomic mass is 16.5. The Labute approximate surface area is 246 Å². The fraction of sp³-hybridized carbons (Fsp3) is 0.364. The summed E-state index contributed by atoms with van der Waals surface area (Å²) >= 11 is 0. The molecule has 0 amide bonds. The minimum absolute atomic E-state index is 0.0960. The highest BCUT2D eigenvalue weighted by Gasteiger charge is 2.18. The van der Waals surface area contributed by atoms with E-state index in [4.69, 9.17) is 9.47 Å². The molecule has 9 nitrogen and oxygen atoms in total. The molecule has 0 aliphatic heterocycles. The first-order valence-corrected chi connectivity index (χ1v) is 14.5. The van der Waals surface area contributed by atoms with Crippen molar-refractivity contribution in [3.8, 4) is 57.2 Å². The average Bonchev–Trinajstić information content (AvgIpc) is 3.01. The van der Waals surface area contributed by atoms with Crippen LogP contribution in [0.3, 0.4) is 0 Å². The van der Waals surface area contributed by atoms with Crippen LogP contribution >= 0.6 is 0 Å². The molecule has 42 heavy (non-hydrogen) atoms. The first-order valence-electron chi connectivity index (χ1n) is 14.5. The van der Waals surface area contributed by atoms with Gasteiger partial charge in [-0.05, 0) is 37.1 Å². The molecular weight excluding hydrogens is 534 g/mol. The normalized spacial score (nSPS) is 12.6. The Bertz CT molecular complexity index is 1350. The summed E-state index contributed by atoms with van der Waals surface area (Å²) in [5, 5.41) is 42.0. The Morgan fingerprint density at radius 1 is 0.619 bits per heavy atom. The number of aliphatic hydroxyl groups is 2. The SMILES string of the molecule is CCCCC(O)COc1ccc(-c2nc(-c3ccccc3)nc(-c3ccc(OCC(O)CCCC)cc3O)n2)c(O)c1. The quantitative estimate of drug-likeness (QED) is 0.132. The molecule has 4 aromatic rings. The van der Waals surface area contributed by atoms with Crippen LogP contribution in [0, 0.1) is 0 Å². The number of rotatable bonds is 15. The van der Waals surface area contributed by atoms with Crippen LogP contribution in [0.2, 0.25) is 0 Å². The third-order valence-corrected chi connectivity index (χ3v) is 6.75. The van der Waals surface area contributed by atoms with E-state index in [2.05, 4.69) is 28.8 Å². The maximum absolute atomic E-state index is 10.9. The molecule has 0 radical (unpaired) electrons. The van der Waals surface area contributed by atoms with E-state index in [0.717, 1.165) is 31.2 Å². The van der Waals surface area contributed by atoms with Gasteiger partial charge in [0.1, 0.15) is 36.2 Å². The summed E-state index contributed by atoms with van der Waals surface area (Å²) in [6, 6.07) is 19.0. The first kappa shape index (κ1) is 30.7. The minimum atomic E-state index is -0.582. The summed E-state index contributed by atoms with van der Waals surface area (Å²) in [4.78, 5) is 13.8. The van der Waals surface area contributed by atoms with E-state index in [9.17, 15) is 20.4 Å². The van der Waals surface area contributed by atoms with Gasteiger partial charge >= 0.3 is 0 Å². The highest BCUT2D eigenvalue weighted by Crippen LogP contribution is 2.35. The molecule has 0 saturated carbocycles. The predicted octanol–water partition coefficient (Wildman–Crippen LogP) is 6.14. The van der Waals surface area contributed by atoms with Gasteiger partial charge in [-0.3, -0.25) is 0 Å². The van der Waals surface area contributed by atoms with Crippen LogP contribution in [0.4, 0.5) is 0 Å². The number of aromatic nitrogens is 3. The lowest BCUT2D eigenvalue weighted by molar-refractivity contribution is 0.0978. The molecule has 222 valence electrons. The average molecular weight is 574 g/mol. The topological polar surface area (TPSA) is 138 Å². The van der Waals surface area contributed by atoms with Crippen LogP contribution < -0.4 is 9.47 Å². The molecule has 0 saturated heterocycles.